The summed E-state index contributed by atoms with van der Waals surface area (Å²) in [6, 6.07) is 2.70. The van der Waals surface area contributed by atoms with Gasteiger partial charge in [0.25, 0.3) is 0 Å². The van der Waals surface area contributed by atoms with Gasteiger partial charge in [-0.1, -0.05) is 0 Å². The number of aryl methyl sites for hydroxylation is 1. The molecule has 7 nitrogen and oxygen atoms in total. The second-order valence-electron chi connectivity index (χ2n) is 5.19. The van der Waals surface area contributed by atoms with Crippen LogP contribution >= 0.6 is 0 Å². The molecule has 23 heavy (non-hydrogen) atoms. The lowest BCUT2D eigenvalue weighted by molar-refractivity contribution is 0.0970. The van der Waals surface area contributed by atoms with Gasteiger partial charge in [0.1, 0.15) is 5.75 Å². The lowest BCUT2D eigenvalue weighted by atomic mass is 9.81. The highest BCUT2D eigenvalue weighted by Gasteiger charge is 2.39. The summed E-state index contributed by atoms with van der Waals surface area (Å²) in [4.78, 5) is 25.2. The zero-order valence-corrected chi connectivity index (χ0v) is 12.2. The van der Waals surface area contributed by atoms with Gasteiger partial charge in [-0.2, -0.15) is 0 Å². The lowest BCUT2D eigenvalue weighted by Gasteiger charge is -2.22. The molecule has 1 aliphatic carbocycles. The molecule has 118 valence electrons. The van der Waals surface area contributed by atoms with Crippen LogP contribution in [0.1, 0.15) is 37.4 Å². The van der Waals surface area contributed by atoms with Crippen molar-refractivity contribution in [3.05, 3.63) is 39.9 Å². The van der Waals surface area contributed by atoms with E-state index in [1.54, 1.807) is 6.92 Å². The van der Waals surface area contributed by atoms with Gasteiger partial charge in [0, 0.05) is 5.56 Å². The van der Waals surface area contributed by atoms with Gasteiger partial charge in [-0.05, 0) is 24.6 Å². The van der Waals surface area contributed by atoms with Gasteiger partial charge in [0.2, 0.25) is 17.3 Å². The maximum atomic E-state index is 12.6. The number of phenolic OH excluding ortho intramolecular Hbond substituents is 4. The fraction of sp³-hybridized carbons (Fsp3) is 0.125. The summed E-state index contributed by atoms with van der Waals surface area (Å²) in [6.45, 7) is 1.63. The van der Waals surface area contributed by atoms with Gasteiger partial charge in [0.05, 0.1) is 23.8 Å². The Kier molecular flexibility index (Phi) is 2.97. The first-order valence-electron chi connectivity index (χ1n) is 6.57. The minimum Gasteiger partial charge on any atom is -0.507 e. The van der Waals surface area contributed by atoms with Gasteiger partial charge in [0.15, 0.2) is 17.3 Å². The van der Waals surface area contributed by atoms with E-state index in [1.165, 1.54) is 12.1 Å². The van der Waals surface area contributed by atoms with Crippen molar-refractivity contribution >= 4 is 11.6 Å². The van der Waals surface area contributed by atoms with E-state index in [0.717, 1.165) is 7.11 Å². The topological polar surface area (TPSA) is 124 Å². The fourth-order valence-electron chi connectivity index (χ4n) is 2.77. The molecule has 0 aromatic heterocycles. The summed E-state index contributed by atoms with van der Waals surface area (Å²) < 4.78 is 4.77. The van der Waals surface area contributed by atoms with Gasteiger partial charge in [-0.15, -0.1) is 0 Å². The zero-order chi connectivity index (χ0) is 17.0. The highest BCUT2D eigenvalue weighted by Crippen LogP contribution is 2.51. The van der Waals surface area contributed by atoms with Crippen LogP contribution in [0.4, 0.5) is 0 Å². The number of ketones is 2. The molecule has 0 unspecified atom stereocenters. The van der Waals surface area contributed by atoms with E-state index in [1.807, 2.05) is 0 Å². The van der Waals surface area contributed by atoms with Crippen LogP contribution in [0.2, 0.25) is 0 Å². The van der Waals surface area contributed by atoms with Crippen LogP contribution < -0.4 is 4.74 Å². The van der Waals surface area contributed by atoms with Gasteiger partial charge >= 0.3 is 0 Å². The van der Waals surface area contributed by atoms with Crippen LogP contribution in [0.3, 0.4) is 0 Å². The lowest BCUT2D eigenvalue weighted by Crippen LogP contribution is -2.22. The molecule has 0 radical (unpaired) electrons. The quantitative estimate of drug-likeness (QED) is 0.397. The van der Waals surface area contributed by atoms with E-state index in [9.17, 15) is 30.0 Å². The van der Waals surface area contributed by atoms with E-state index >= 15 is 0 Å². The van der Waals surface area contributed by atoms with Crippen LogP contribution in [0.25, 0.3) is 0 Å². The smallest absolute Gasteiger partial charge is 0.207 e. The summed E-state index contributed by atoms with van der Waals surface area (Å²) >= 11 is 0. The second-order valence-corrected chi connectivity index (χ2v) is 5.19. The Morgan fingerprint density at radius 3 is 2.04 bits per heavy atom. The number of carbonyl (C=O) groups excluding carboxylic acids is 2. The maximum Gasteiger partial charge on any atom is 0.207 e. The number of aromatic hydroxyl groups is 4. The predicted molar refractivity (Wildman–Crippen MR) is 77.7 cm³/mol. The van der Waals surface area contributed by atoms with Crippen molar-refractivity contribution < 1.29 is 34.8 Å². The number of hydrogen-bond donors (Lipinski definition) is 4. The largest absolute Gasteiger partial charge is 0.507 e. The normalized spacial score (nSPS) is 12.8. The third-order valence-electron chi connectivity index (χ3n) is 3.77. The first kappa shape index (κ1) is 14.7. The summed E-state index contributed by atoms with van der Waals surface area (Å²) in [5.74, 6) is -5.07. The van der Waals surface area contributed by atoms with Crippen molar-refractivity contribution in [1.82, 2.24) is 0 Å². The molecule has 0 saturated heterocycles. The summed E-state index contributed by atoms with van der Waals surface area (Å²) in [7, 11) is 1.12. The summed E-state index contributed by atoms with van der Waals surface area (Å²) in [6.07, 6.45) is 0. The molecule has 2 aromatic carbocycles. The molecule has 0 aliphatic heterocycles. The van der Waals surface area contributed by atoms with Gasteiger partial charge in [-0.3, -0.25) is 9.59 Å². The number of benzene rings is 2. The van der Waals surface area contributed by atoms with Crippen LogP contribution in [-0.4, -0.2) is 39.1 Å². The molecule has 0 amide bonds. The molecule has 0 spiro atoms. The maximum absolute atomic E-state index is 12.6. The SMILES string of the molecule is COc1c(O)c(O)c2c(c1O)C(=O)c1cc(C)cc(O)c1C2=O. The molecule has 4 N–H and O–H groups in total. The van der Waals surface area contributed by atoms with Crippen LogP contribution in [0.5, 0.6) is 28.7 Å². The molecule has 7 heteroatoms. The Bertz CT molecular complexity index is 896. The molecular weight excluding hydrogens is 304 g/mol. The number of ether oxygens (including phenoxy) is 1. The van der Waals surface area contributed by atoms with Gasteiger partial charge < -0.3 is 25.2 Å². The average molecular weight is 316 g/mol. The number of carbonyl (C=O) groups is 2. The fourth-order valence-corrected chi connectivity index (χ4v) is 2.77. The van der Waals surface area contributed by atoms with Crippen molar-refractivity contribution in [3.63, 3.8) is 0 Å². The minimum absolute atomic E-state index is 0.0950. The highest BCUT2D eigenvalue weighted by atomic mass is 16.5. The van der Waals surface area contributed by atoms with Crippen LogP contribution in [-0.2, 0) is 0 Å². The Balaban J connectivity index is 2.45. The number of phenols is 4. The van der Waals surface area contributed by atoms with E-state index in [-0.39, 0.29) is 11.1 Å². The standard InChI is InChI=1S/C16H12O7/c1-5-3-6-8(7(17)4-5)12(19)10-9(11(6)18)14(21)16(23-2)15(22)13(10)20/h3-4,17,20-22H,1-2H3. The number of methoxy groups -OCH3 is 1. The first-order chi connectivity index (χ1) is 10.8. The molecule has 1 aliphatic rings. The van der Waals surface area contributed by atoms with E-state index in [0.29, 0.717) is 5.56 Å². The van der Waals surface area contributed by atoms with Crippen molar-refractivity contribution in [2.24, 2.45) is 0 Å². The highest BCUT2D eigenvalue weighted by molar-refractivity contribution is 6.31. The molecule has 0 atom stereocenters. The van der Waals surface area contributed by atoms with Crippen molar-refractivity contribution in [2.45, 2.75) is 6.92 Å². The molecule has 0 fully saturated rings. The van der Waals surface area contributed by atoms with Crippen molar-refractivity contribution in [2.75, 3.05) is 7.11 Å². The second kappa shape index (κ2) is 4.64. The number of hydrogen-bond acceptors (Lipinski definition) is 7. The summed E-state index contributed by atoms with van der Waals surface area (Å²) in [5.41, 5.74) is -0.882. The van der Waals surface area contributed by atoms with E-state index in [4.69, 9.17) is 4.74 Å². The Labute approximate surface area is 130 Å². The predicted octanol–water partition coefficient (Wildman–Crippen LogP) is 1.60. The zero-order valence-electron chi connectivity index (χ0n) is 12.2. The molecule has 0 saturated carbocycles. The molecule has 2 aromatic rings. The average Bonchev–Trinajstić information content (AvgIpc) is 2.48. The van der Waals surface area contributed by atoms with Crippen molar-refractivity contribution in [3.8, 4) is 28.7 Å². The van der Waals surface area contributed by atoms with Crippen LogP contribution in [0.15, 0.2) is 12.1 Å². The third kappa shape index (κ3) is 1.76. The van der Waals surface area contributed by atoms with E-state index < -0.39 is 51.4 Å². The Hall–Kier alpha value is -3.22. The third-order valence-corrected chi connectivity index (χ3v) is 3.77. The molecule has 3 rings (SSSR count). The monoisotopic (exact) mass is 316 g/mol. The minimum atomic E-state index is -0.890. The number of rotatable bonds is 1. The Morgan fingerprint density at radius 2 is 1.43 bits per heavy atom. The van der Waals surface area contributed by atoms with Crippen LogP contribution in [0, 0.1) is 6.92 Å². The van der Waals surface area contributed by atoms with E-state index in [2.05, 4.69) is 0 Å². The summed E-state index contributed by atoms with van der Waals surface area (Å²) in [5, 5.41) is 40.0. The Morgan fingerprint density at radius 1 is 0.826 bits per heavy atom. The number of fused-ring (bicyclic) bond motifs is 2. The first-order valence-corrected chi connectivity index (χ1v) is 6.57. The molecule has 0 heterocycles. The molecular formula is C16H12O7. The van der Waals surface area contributed by atoms with Gasteiger partial charge in [-0.25, -0.2) is 0 Å². The molecule has 0 bridgehead atoms. The van der Waals surface area contributed by atoms with Crippen molar-refractivity contribution in [1.29, 1.82) is 0 Å².